The molecule has 9 nitrogen and oxygen atoms in total. The van der Waals surface area contributed by atoms with Crippen molar-refractivity contribution in [2.75, 3.05) is 17.7 Å². The first-order chi connectivity index (χ1) is 13.5. The average Bonchev–Trinajstić information content (AvgIpc) is 3.19. The van der Waals surface area contributed by atoms with E-state index < -0.39 is 22.6 Å². The molecular formula is C19H15N3O6. The van der Waals surface area contributed by atoms with E-state index in [1.807, 2.05) is 0 Å². The van der Waals surface area contributed by atoms with Gasteiger partial charge in [0.05, 0.1) is 24.4 Å². The highest BCUT2D eigenvalue weighted by molar-refractivity contribution is 6.12. The van der Waals surface area contributed by atoms with Crippen LogP contribution >= 0.6 is 0 Å². The largest absolute Gasteiger partial charge is 0.497 e. The van der Waals surface area contributed by atoms with Gasteiger partial charge < -0.3 is 19.8 Å². The summed E-state index contributed by atoms with van der Waals surface area (Å²) in [5, 5.41) is 15.9. The number of rotatable bonds is 6. The van der Waals surface area contributed by atoms with Crippen molar-refractivity contribution in [3.63, 3.8) is 0 Å². The summed E-state index contributed by atoms with van der Waals surface area (Å²) >= 11 is 0. The fraction of sp³-hybridized carbons (Fsp3) is 0.0526. The van der Waals surface area contributed by atoms with Gasteiger partial charge in [0.15, 0.2) is 5.76 Å². The minimum absolute atomic E-state index is 0.208. The van der Waals surface area contributed by atoms with E-state index in [0.29, 0.717) is 11.4 Å². The standard InChI is InChI=1S/C19H15N3O6/c1-27-13-6-4-5-12(11-13)20-18(23)14-7-2-3-8-15(14)21-19(24)16-9-10-17(28-16)22(25)26/h2-11H,1H3,(H,20,23)(H,21,24). The van der Waals surface area contributed by atoms with Crippen LogP contribution in [-0.4, -0.2) is 23.8 Å². The summed E-state index contributed by atoms with van der Waals surface area (Å²) < 4.78 is 9.99. The molecule has 9 heteroatoms. The van der Waals surface area contributed by atoms with E-state index in [2.05, 4.69) is 10.6 Å². The van der Waals surface area contributed by atoms with Gasteiger partial charge in [-0.2, -0.15) is 0 Å². The van der Waals surface area contributed by atoms with Crippen LogP contribution in [0.4, 0.5) is 17.3 Å². The molecule has 1 aromatic heterocycles. The predicted octanol–water partition coefficient (Wildman–Crippen LogP) is 3.70. The van der Waals surface area contributed by atoms with Crippen LogP contribution in [0.15, 0.2) is 65.1 Å². The van der Waals surface area contributed by atoms with E-state index >= 15 is 0 Å². The van der Waals surface area contributed by atoms with Gasteiger partial charge in [-0.3, -0.25) is 19.7 Å². The zero-order valence-electron chi connectivity index (χ0n) is 14.7. The lowest BCUT2D eigenvalue weighted by Gasteiger charge is -2.11. The number of hydrogen-bond donors (Lipinski definition) is 2. The number of carbonyl (C=O) groups excluding carboxylic acids is 2. The number of furan rings is 1. The average molecular weight is 381 g/mol. The number of carbonyl (C=O) groups is 2. The molecule has 3 aromatic rings. The summed E-state index contributed by atoms with van der Waals surface area (Å²) in [6, 6.07) is 15.5. The third-order valence-corrected chi connectivity index (χ3v) is 3.74. The molecule has 0 saturated heterocycles. The SMILES string of the molecule is COc1cccc(NC(=O)c2ccccc2NC(=O)c2ccc([N+](=O)[O-])o2)c1. The number of methoxy groups -OCH3 is 1. The van der Waals surface area contributed by atoms with Crippen molar-refractivity contribution in [1.82, 2.24) is 0 Å². The fourth-order valence-corrected chi connectivity index (χ4v) is 2.42. The Hall–Kier alpha value is -4.14. The Morgan fingerprint density at radius 2 is 1.79 bits per heavy atom. The van der Waals surface area contributed by atoms with Crippen molar-refractivity contribution in [3.8, 4) is 5.75 Å². The van der Waals surface area contributed by atoms with E-state index in [-0.39, 0.29) is 17.0 Å². The number of nitro groups is 1. The van der Waals surface area contributed by atoms with Gasteiger partial charge in [0.25, 0.3) is 11.8 Å². The Morgan fingerprint density at radius 3 is 2.50 bits per heavy atom. The second kappa shape index (κ2) is 8.04. The maximum atomic E-state index is 12.6. The lowest BCUT2D eigenvalue weighted by Crippen LogP contribution is -2.18. The Morgan fingerprint density at radius 1 is 1.00 bits per heavy atom. The fourth-order valence-electron chi connectivity index (χ4n) is 2.42. The summed E-state index contributed by atoms with van der Waals surface area (Å²) in [6.45, 7) is 0. The maximum absolute atomic E-state index is 12.6. The van der Waals surface area contributed by atoms with Crippen LogP contribution in [-0.2, 0) is 0 Å². The Balaban J connectivity index is 1.79. The van der Waals surface area contributed by atoms with E-state index in [4.69, 9.17) is 9.15 Å². The monoisotopic (exact) mass is 381 g/mol. The number of anilines is 2. The zero-order chi connectivity index (χ0) is 20.1. The first-order valence-corrected chi connectivity index (χ1v) is 8.08. The molecule has 3 rings (SSSR count). The molecule has 0 aliphatic rings. The zero-order valence-corrected chi connectivity index (χ0v) is 14.7. The summed E-state index contributed by atoms with van der Waals surface area (Å²) in [5.74, 6) is -1.37. The van der Waals surface area contributed by atoms with Gasteiger partial charge in [-0.05, 0) is 30.3 Å². The van der Waals surface area contributed by atoms with Gasteiger partial charge in [-0.1, -0.05) is 18.2 Å². The first-order valence-electron chi connectivity index (χ1n) is 8.08. The van der Waals surface area contributed by atoms with Gasteiger partial charge in [-0.25, -0.2) is 0 Å². The normalized spacial score (nSPS) is 10.2. The van der Waals surface area contributed by atoms with Crippen molar-refractivity contribution in [2.45, 2.75) is 0 Å². The molecule has 2 N–H and O–H groups in total. The predicted molar refractivity (Wildman–Crippen MR) is 101 cm³/mol. The molecule has 1 heterocycles. The molecule has 0 atom stereocenters. The molecule has 0 saturated carbocycles. The number of nitrogens with zero attached hydrogens (tertiary/aromatic N) is 1. The summed E-state index contributed by atoms with van der Waals surface area (Å²) in [6.07, 6.45) is 0. The first kappa shape index (κ1) is 18.6. The topological polar surface area (TPSA) is 124 Å². The van der Waals surface area contributed by atoms with Crippen LogP contribution in [0.2, 0.25) is 0 Å². The van der Waals surface area contributed by atoms with E-state index in [9.17, 15) is 19.7 Å². The molecular weight excluding hydrogens is 366 g/mol. The molecule has 2 aromatic carbocycles. The lowest BCUT2D eigenvalue weighted by molar-refractivity contribution is -0.402. The van der Waals surface area contributed by atoms with Crippen LogP contribution in [0.5, 0.6) is 5.75 Å². The minimum Gasteiger partial charge on any atom is -0.497 e. The highest BCUT2D eigenvalue weighted by Gasteiger charge is 2.19. The van der Waals surface area contributed by atoms with E-state index in [1.54, 1.807) is 36.4 Å². The number of hydrogen-bond acceptors (Lipinski definition) is 6. The van der Waals surface area contributed by atoms with Crippen molar-refractivity contribution >= 4 is 29.1 Å². The molecule has 0 aliphatic heterocycles. The van der Waals surface area contributed by atoms with E-state index in [1.165, 1.54) is 25.3 Å². The molecule has 0 spiro atoms. The number of ether oxygens (including phenoxy) is 1. The Labute approximate surface area is 159 Å². The molecule has 142 valence electrons. The van der Waals surface area contributed by atoms with Gasteiger partial charge >= 0.3 is 5.88 Å². The second-order valence-corrected chi connectivity index (χ2v) is 5.58. The van der Waals surface area contributed by atoms with Crippen molar-refractivity contribution in [3.05, 3.63) is 82.1 Å². The molecule has 0 aliphatic carbocycles. The molecule has 0 fully saturated rings. The number of amides is 2. The third kappa shape index (κ3) is 4.15. The summed E-state index contributed by atoms with van der Waals surface area (Å²) in [7, 11) is 1.52. The molecule has 0 bridgehead atoms. The van der Waals surface area contributed by atoms with Gasteiger partial charge in [0.1, 0.15) is 10.7 Å². The van der Waals surface area contributed by atoms with Crippen LogP contribution in [0, 0.1) is 10.1 Å². The van der Waals surface area contributed by atoms with Crippen LogP contribution in [0.1, 0.15) is 20.9 Å². The van der Waals surface area contributed by atoms with Gasteiger partial charge in [-0.15, -0.1) is 0 Å². The quantitative estimate of drug-likeness (QED) is 0.496. The van der Waals surface area contributed by atoms with Crippen LogP contribution in [0.3, 0.4) is 0 Å². The Kier molecular flexibility index (Phi) is 5.35. The minimum atomic E-state index is -0.744. The van der Waals surface area contributed by atoms with Crippen LogP contribution in [0.25, 0.3) is 0 Å². The van der Waals surface area contributed by atoms with Gasteiger partial charge in [0, 0.05) is 11.8 Å². The number of para-hydroxylation sites is 1. The Bertz CT molecular complexity index is 1040. The lowest BCUT2D eigenvalue weighted by atomic mass is 10.1. The van der Waals surface area contributed by atoms with Crippen molar-refractivity contribution in [2.24, 2.45) is 0 Å². The van der Waals surface area contributed by atoms with Crippen LogP contribution < -0.4 is 15.4 Å². The second-order valence-electron chi connectivity index (χ2n) is 5.58. The molecule has 2 amide bonds. The number of nitrogens with one attached hydrogen (secondary N) is 2. The van der Waals surface area contributed by atoms with Gasteiger partial charge in [0.2, 0.25) is 0 Å². The smallest absolute Gasteiger partial charge is 0.433 e. The molecule has 0 unspecified atom stereocenters. The van der Waals surface area contributed by atoms with Crippen molar-refractivity contribution in [1.29, 1.82) is 0 Å². The van der Waals surface area contributed by atoms with E-state index in [0.717, 1.165) is 6.07 Å². The summed E-state index contributed by atoms with van der Waals surface area (Å²) in [4.78, 5) is 34.9. The highest BCUT2D eigenvalue weighted by Crippen LogP contribution is 2.22. The highest BCUT2D eigenvalue weighted by atomic mass is 16.6. The summed E-state index contributed by atoms with van der Waals surface area (Å²) in [5.41, 5.74) is 0.957. The molecule has 0 radical (unpaired) electrons. The number of benzene rings is 2. The van der Waals surface area contributed by atoms with Crippen molar-refractivity contribution < 1.29 is 23.7 Å². The molecule has 28 heavy (non-hydrogen) atoms. The third-order valence-electron chi connectivity index (χ3n) is 3.74. The maximum Gasteiger partial charge on any atom is 0.433 e.